The van der Waals surface area contributed by atoms with E-state index < -0.39 is 18.6 Å². The highest BCUT2D eigenvalue weighted by Gasteiger charge is 2.39. The second-order valence-electron chi connectivity index (χ2n) is 4.73. The summed E-state index contributed by atoms with van der Waals surface area (Å²) in [5, 5.41) is -0.0663. The van der Waals surface area contributed by atoms with E-state index >= 15 is 0 Å². The molecule has 0 aliphatic carbocycles. The number of hydrogen-bond acceptors (Lipinski definition) is 4. The van der Waals surface area contributed by atoms with E-state index in [1.165, 1.54) is 16.0 Å². The molecule has 9 heteroatoms. The number of hydrogen-bond donors (Lipinski definition) is 0. The number of nitrogens with zero attached hydrogens (tertiary/aromatic N) is 4. The van der Waals surface area contributed by atoms with Crippen LogP contribution < -0.4 is 9.80 Å². The fourth-order valence-corrected chi connectivity index (χ4v) is 2.45. The zero-order valence-corrected chi connectivity index (χ0v) is 12.2. The summed E-state index contributed by atoms with van der Waals surface area (Å²) in [5.74, 6) is -0.0219. The first kappa shape index (κ1) is 15.8. The Hall–Kier alpha value is -1.57. The van der Waals surface area contributed by atoms with E-state index in [-0.39, 0.29) is 23.6 Å². The molecule has 0 radical (unpaired) electrons. The molecular formula is C12H14ClF3N4O. The van der Waals surface area contributed by atoms with E-state index in [0.717, 1.165) is 0 Å². The molecule has 0 bridgehead atoms. The van der Waals surface area contributed by atoms with Crippen LogP contribution in [0.1, 0.15) is 19.8 Å². The van der Waals surface area contributed by atoms with Gasteiger partial charge in [0.2, 0.25) is 11.2 Å². The third kappa shape index (κ3) is 3.20. The maximum atomic E-state index is 12.5. The summed E-state index contributed by atoms with van der Waals surface area (Å²) < 4.78 is 37.5. The van der Waals surface area contributed by atoms with Crippen molar-refractivity contribution in [2.24, 2.45) is 0 Å². The van der Waals surface area contributed by atoms with E-state index in [4.69, 9.17) is 11.6 Å². The molecule has 1 unspecified atom stereocenters. The van der Waals surface area contributed by atoms with Crippen LogP contribution in [0.4, 0.5) is 24.7 Å². The highest BCUT2D eigenvalue weighted by Crippen LogP contribution is 2.35. The number of aromatic nitrogens is 2. The quantitative estimate of drug-likeness (QED) is 0.803. The van der Waals surface area contributed by atoms with Gasteiger partial charge < -0.3 is 9.80 Å². The molecule has 1 aromatic heterocycles. The molecule has 1 atom stereocenters. The number of alkyl halides is 3. The van der Waals surface area contributed by atoms with E-state index in [9.17, 15) is 18.0 Å². The molecular weight excluding hydrogens is 309 g/mol. The molecule has 1 aromatic rings. The standard InChI is InChI=1S/C12H14ClF3N4O/c1-3-7-10(21)19(2)8-6-17-11(13)18-9(8)20(7)5-4-12(14,15)16/h6-7H,3-5H2,1-2H3. The third-order valence-electron chi connectivity index (χ3n) is 3.37. The van der Waals surface area contributed by atoms with Crippen LogP contribution in [0.5, 0.6) is 0 Å². The van der Waals surface area contributed by atoms with Crippen LogP contribution in [-0.4, -0.2) is 41.7 Å². The summed E-state index contributed by atoms with van der Waals surface area (Å²) >= 11 is 5.73. The van der Waals surface area contributed by atoms with Gasteiger partial charge in [-0.2, -0.15) is 18.2 Å². The average Bonchev–Trinajstić information content (AvgIpc) is 2.40. The maximum Gasteiger partial charge on any atom is 0.390 e. The molecule has 1 aliphatic rings. The van der Waals surface area contributed by atoms with Crippen molar-refractivity contribution in [3.05, 3.63) is 11.5 Å². The largest absolute Gasteiger partial charge is 0.390 e. The Morgan fingerprint density at radius 2 is 2.10 bits per heavy atom. The van der Waals surface area contributed by atoms with Crippen LogP contribution in [0.25, 0.3) is 0 Å². The summed E-state index contributed by atoms with van der Waals surface area (Å²) in [4.78, 5) is 22.7. The molecule has 2 rings (SSSR count). The van der Waals surface area contributed by atoms with Gasteiger partial charge in [0, 0.05) is 13.6 Å². The van der Waals surface area contributed by atoms with Gasteiger partial charge in [-0.1, -0.05) is 6.92 Å². The fraction of sp³-hybridized carbons (Fsp3) is 0.583. The monoisotopic (exact) mass is 322 g/mol. The Kier molecular flexibility index (Phi) is 4.27. The Balaban J connectivity index is 2.41. The number of carbonyl (C=O) groups excluding carboxylic acids is 1. The predicted octanol–water partition coefficient (Wildman–Crippen LogP) is 2.64. The first-order chi connectivity index (χ1) is 9.74. The number of carbonyl (C=O) groups is 1. The van der Waals surface area contributed by atoms with Crippen LogP contribution in [0.15, 0.2) is 6.20 Å². The minimum absolute atomic E-state index is 0.0663. The molecule has 0 N–H and O–H groups in total. The topological polar surface area (TPSA) is 49.3 Å². The number of fused-ring (bicyclic) bond motifs is 1. The fourth-order valence-electron chi connectivity index (χ4n) is 2.32. The third-order valence-corrected chi connectivity index (χ3v) is 3.55. The zero-order valence-electron chi connectivity index (χ0n) is 11.5. The lowest BCUT2D eigenvalue weighted by Crippen LogP contribution is -2.53. The molecule has 21 heavy (non-hydrogen) atoms. The molecule has 0 fully saturated rings. The van der Waals surface area contributed by atoms with Crippen molar-refractivity contribution in [2.45, 2.75) is 32.0 Å². The summed E-state index contributed by atoms with van der Waals surface area (Å²) in [7, 11) is 1.54. The van der Waals surface area contributed by atoms with Gasteiger partial charge in [-0.3, -0.25) is 4.79 Å². The van der Waals surface area contributed by atoms with Gasteiger partial charge >= 0.3 is 6.18 Å². The van der Waals surface area contributed by atoms with Crippen LogP contribution in [0.2, 0.25) is 5.28 Å². The Morgan fingerprint density at radius 3 is 2.67 bits per heavy atom. The molecule has 1 amide bonds. The van der Waals surface area contributed by atoms with Gasteiger partial charge in [0.05, 0.1) is 12.6 Å². The summed E-state index contributed by atoms with van der Waals surface area (Å²) in [6.45, 7) is 1.40. The van der Waals surface area contributed by atoms with Gasteiger partial charge in [-0.05, 0) is 18.0 Å². The minimum Gasteiger partial charge on any atom is -0.342 e. The molecule has 0 saturated heterocycles. The molecule has 2 heterocycles. The van der Waals surface area contributed by atoms with Crippen molar-refractivity contribution in [1.29, 1.82) is 0 Å². The van der Waals surface area contributed by atoms with Crippen molar-refractivity contribution in [3.8, 4) is 0 Å². The van der Waals surface area contributed by atoms with E-state index in [2.05, 4.69) is 9.97 Å². The average molecular weight is 323 g/mol. The number of amides is 1. The second-order valence-corrected chi connectivity index (χ2v) is 5.07. The number of anilines is 2. The van der Waals surface area contributed by atoms with Gasteiger partial charge in [0.25, 0.3) is 0 Å². The highest BCUT2D eigenvalue weighted by molar-refractivity contribution is 6.28. The number of halogens is 4. The summed E-state index contributed by atoms with van der Waals surface area (Å²) in [6.07, 6.45) is -3.61. The van der Waals surface area contributed by atoms with Crippen molar-refractivity contribution in [1.82, 2.24) is 9.97 Å². The van der Waals surface area contributed by atoms with Crippen molar-refractivity contribution < 1.29 is 18.0 Å². The Morgan fingerprint density at radius 1 is 1.43 bits per heavy atom. The minimum atomic E-state index is -4.30. The summed E-state index contributed by atoms with van der Waals surface area (Å²) in [6, 6.07) is -0.684. The predicted molar refractivity (Wildman–Crippen MR) is 72.5 cm³/mol. The van der Waals surface area contributed by atoms with Crippen LogP contribution in [-0.2, 0) is 4.79 Å². The van der Waals surface area contributed by atoms with Crippen LogP contribution in [0, 0.1) is 0 Å². The normalized spacial score (nSPS) is 19.0. The molecule has 0 spiro atoms. The Bertz CT molecular complexity index is 552. The molecule has 0 aromatic carbocycles. The van der Waals surface area contributed by atoms with Crippen molar-refractivity contribution in [2.75, 3.05) is 23.4 Å². The first-order valence-electron chi connectivity index (χ1n) is 6.38. The summed E-state index contributed by atoms with van der Waals surface area (Å²) in [5.41, 5.74) is 0.358. The molecule has 1 aliphatic heterocycles. The first-order valence-corrected chi connectivity index (χ1v) is 6.76. The second kappa shape index (κ2) is 5.67. The zero-order chi connectivity index (χ0) is 15.8. The lowest BCUT2D eigenvalue weighted by Gasteiger charge is -2.40. The molecule has 116 valence electrons. The van der Waals surface area contributed by atoms with Gasteiger partial charge in [-0.15, -0.1) is 0 Å². The van der Waals surface area contributed by atoms with Crippen molar-refractivity contribution in [3.63, 3.8) is 0 Å². The van der Waals surface area contributed by atoms with Crippen molar-refractivity contribution >= 4 is 29.0 Å². The van der Waals surface area contributed by atoms with Gasteiger partial charge in [0.1, 0.15) is 11.7 Å². The number of likely N-dealkylation sites (N-methyl/N-ethyl adjacent to an activating group) is 1. The van der Waals surface area contributed by atoms with E-state index in [0.29, 0.717) is 12.1 Å². The van der Waals surface area contributed by atoms with Crippen LogP contribution in [0.3, 0.4) is 0 Å². The molecule has 5 nitrogen and oxygen atoms in total. The van der Waals surface area contributed by atoms with E-state index in [1.54, 1.807) is 14.0 Å². The Labute approximate surface area is 124 Å². The lowest BCUT2D eigenvalue weighted by molar-refractivity contribution is -0.133. The lowest BCUT2D eigenvalue weighted by atomic mass is 10.1. The molecule has 0 saturated carbocycles. The smallest absolute Gasteiger partial charge is 0.342 e. The van der Waals surface area contributed by atoms with Gasteiger partial charge in [-0.25, -0.2) is 4.98 Å². The number of rotatable bonds is 3. The maximum absolute atomic E-state index is 12.5. The van der Waals surface area contributed by atoms with Gasteiger partial charge in [0.15, 0.2) is 5.82 Å². The SMILES string of the molecule is CCC1C(=O)N(C)c2cnc(Cl)nc2N1CCC(F)(F)F. The highest BCUT2D eigenvalue weighted by atomic mass is 35.5. The van der Waals surface area contributed by atoms with Crippen LogP contribution >= 0.6 is 11.6 Å². The van der Waals surface area contributed by atoms with E-state index in [1.807, 2.05) is 0 Å².